The summed E-state index contributed by atoms with van der Waals surface area (Å²) in [6.07, 6.45) is 14.6. The normalized spacial score (nSPS) is 20.7. The molecule has 0 atom stereocenters. The summed E-state index contributed by atoms with van der Waals surface area (Å²) in [7, 11) is 0. The van der Waals surface area contributed by atoms with Crippen molar-refractivity contribution in [1.29, 1.82) is 0 Å². The molecule has 0 aromatic carbocycles. The van der Waals surface area contributed by atoms with Crippen LogP contribution in [0.25, 0.3) is 9.69 Å². The first-order valence-electron chi connectivity index (χ1n) is 4.05. The van der Waals surface area contributed by atoms with Gasteiger partial charge in [0.1, 0.15) is 0 Å². The van der Waals surface area contributed by atoms with E-state index in [2.05, 4.69) is 9.69 Å². The number of hydrogen-bond donors (Lipinski definition) is 0. The average Bonchev–Trinajstić information content (AvgIpc) is 2.92. The quantitative estimate of drug-likeness (QED) is 0.451. The van der Waals surface area contributed by atoms with Gasteiger partial charge in [0.05, 0.1) is 25.7 Å². The number of rotatable bonds is 0. The van der Waals surface area contributed by atoms with E-state index in [0.29, 0.717) is 0 Å². The van der Waals surface area contributed by atoms with Crippen molar-refractivity contribution < 1.29 is 17.1 Å². The van der Waals surface area contributed by atoms with Gasteiger partial charge in [0, 0.05) is 0 Å². The van der Waals surface area contributed by atoms with Gasteiger partial charge in [-0.15, -0.1) is 0 Å². The van der Waals surface area contributed by atoms with E-state index in [1.807, 2.05) is 25.7 Å². The largest absolute Gasteiger partial charge is 2.00 e. The molecule has 0 saturated heterocycles. The monoisotopic (exact) mass is 236 g/mol. The third kappa shape index (κ3) is 5.83. The Morgan fingerprint density at radius 2 is 0.933 bits per heavy atom. The minimum Gasteiger partial charge on any atom is -0.301 e. The number of hydrogen-bond acceptors (Lipinski definition) is 0. The molecule has 0 aliphatic heterocycles. The minimum atomic E-state index is 0. The van der Waals surface area contributed by atoms with Gasteiger partial charge in [-0.25, -0.2) is 13.1 Å². The van der Waals surface area contributed by atoms with Crippen LogP contribution in [0.2, 0.25) is 0 Å². The van der Waals surface area contributed by atoms with Crippen LogP contribution < -0.4 is 0 Å². The molecule has 0 aromatic rings. The summed E-state index contributed by atoms with van der Waals surface area (Å²) in [5.74, 6) is 0. The minimum absolute atomic E-state index is 0. The van der Waals surface area contributed by atoms with E-state index in [0.717, 1.165) is 12.1 Å². The molecule has 0 bridgehead atoms. The van der Waals surface area contributed by atoms with Crippen molar-refractivity contribution in [2.75, 3.05) is 0 Å². The summed E-state index contributed by atoms with van der Waals surface area (Å²) in [5, 5.41) is 0. The molecule has 0 unspecified atom stereocenters. The Labute approximate surface area is 104 Å². The molecule has 0 amide bonds. The first kappa shape index (κ1) is 14.5. The van der Waals surface area contributed by atoms with Gasteiger partial charge in [-0.05, 0) is 25.7 Å². The van der Waals surface area contributed by atoms with E-state index in [9.17, 15) is 0 Å². The Balaban J connectivity index is 0.000000245. The fourth-order valence-corrected chi connectivity index (χ4v) is 0.877. The standard InChI is InChI=1S/2C6H4N.Fe/c2*1-7-6-4-2-3-5-6;/h2*2-5H;/q;;+2. The molecule has 0 heterocycles. The van der Waals surface area contributed by atoms with Gasteiger partial charge < -0.3 is 9.69 Å². The summed E-state index contributed by atoms with van der Waals surface area (Å²) in [6.45, 7) is 13.0. The number of nitrogens with zero attached hydrogens (tertiary/aromatic N) is 2. The Kier molecular flexibility index (Phi) is 8.49. The van der Waals surface area contributed by atoms with Crippen LogP contribution in [-0.2, 0) is 17.1 Å². The molecule has 2 aliphatic rings. The molecule has 0 spiro atoms. The Morgan fingerprint density at radius 3 is 1.07 bits per heavy atom. The van der Waals surface area contributed by atoms with Crippen LogP contribution in [0, 0.1) is 76.6 Å². The molecular formula is C12H8FeN2+2. The zero-order valence-corrected chi connectivity index (χ0v) is 8.97. The van der Waals surface area contributed by atoms with Crippen LogP contribution in [0.3, 0.4) is 0 Å². The third-order valence-electron chi connectivity index (χ3n) is 1.55. The summed E-state index contributed by atoms with van der Waals surface area (Å²) in [6, 6.07) is 1.44. The van der Waals surface area contributed by atoms with E-state index in [1.165, 1.54) is 0 Å². The van der Waals surface area contributed by atoms with Crippen LogP contribution in [0.1, 0.15) is 0 Å². The fourth-order valence-electron chi connectivity index (χ4n) is 0.877. The fraction of sp³-hybridized carbons (Fsp3) is 0. The van der Waals surface area contributed by atoms with Crippen molar-refractivity contribution in [3.8, 4) is 0 Å². The molecule has 10 radical (unpaired) electrons. The van der Waals surface area contributed by atoms with Gasteiger partial charge in [0.15, 0.2) is 0 Å². The van der Waals surface area contributed by atoms with Crippen LogP contribution in [-0.4, -0.2) is 0 Å². The smallest absolute Gasteiger partial charge is 0.301 e. The summed E-state index contributed by atoms with van der Waals surface area (Å²) < 4.78 is 0. The van der Waals surface area contributed by atoms with Gasteiger partial charge in [0.25, 0.3) is 0 Å². The van der Waals surface area contributed by atoms with Gasteiger partial charge in [0.2, 0.25) is 0 Å². The van der Waals surface area contributed by atoms with Crippen LogP contribution in [0.5, 0.6) is 0 Å². The van der Waals surface area contributed by atoms with Gasteiger partial charge in [-0.2, -0.15) is 0 Å². The zero-order chi connectivity index (χ0) is 10.2. The second-order valence-corrected chi connectivity index (χ2v) is 2.51. The van der Waals surface area contributed by atoms with E-state index in [-0.39, 0.29) is 17.1 Å². The van der Waals surface area contributed by atoms with Gasteiger partial charge in [-0.3, -0.25) is 0 Å². The second kappa shape index (κ2) is 8.78. The second-order valence-electron chi connectivity index (χ2n) is 2.51. The summed E-state index contributed by atoms with van der Waals surface area (Å²) in [5.41, 5.74) is 0. The van der Waals surface area contributed by atoms with E-state index in [4.69, 9.17) is 13.1 Å². The maximum atomic E-state index is 6.49. The Morgan fingerprint density at radius 1 is 0.667 bits per heavy atom. The van der Waals surface area contributed by atoms with Crippen LogP contribution in [0.4, 0.5) is 0 Å². The molecule has 72 valence electrons. The molecule has 3 heteroatoms. The van der Waals surface area contributed by atoms with Crippen molar-refractivity contribution in [3.05, 3.63) is 86.3 Å². The predicted octanol–water partition coefficient (Wildman–Crippen LogP) is 2.53. The third-order valence-corrected chi connectivity index (χ3v) is 1.55. The van der Waals surface area contributed by atoms with Gasteiger partial charge in [-0.1, -0.05) is 0 Å². The first-order chi connectivity index (χ1) is 6.86. The average molecular weight is 236 g/mol. The van der Waals surface area contributed by atoms with Crippen molar-refractivity contribution in [2.24, 2.45) is 0 Å². The molecule has 15 heavy (non-hydrogen) atoms. The molecule has 2 aliphatic carbocycles. The van der Waals surface area contributed by atoms with Crippen molar-refractivity contribution >= 4 is 0 Å². The van der Waals surface area contributed by atoms with Crippen LogP contribution in [0.15, 0.2) is 0 Å². The molecule has 0 N–H and O–H groups in total. The molecular weight excluding hydrogens is 228 g/mol. The maximum Gasteiger partial charge on any atom is 2.00 e. The molecule has 2 rings (SSSR count). The van der Waals surface area contributed by atoms with E-state index < -0.39 is 0 Å². The molecule has 2 saturated carbocycles. The Hall–Kier alpha value is -0.501. The topological polar surface area (TPSA) is 8.72 Å². The van der Waals surface area contributed by atoms with E-state index >= 15 is 0 Å². The molecule has 0 aromatic heterocycles. The Bertz CT molecular complexity index is 201. The maximum absolute atomic E-state index is 6.49. The van der Waals surface area contributed by atoms with E-state index in [1.54, 1.807) is 25.7 Å². The van der Waals surface area contributed by atoms with Gasteiger partial charge >= 0.3 is 29.2 Å². The zero-order valence-electron chi connectivity index (χ0n) is 7.87. The van der Waals surface area contributed by atoms with Crippen LogP contribution >= 0.6 is 0 Å². The summed E-state index contributed by atoms with van der Waals surface area (Å²) >= 11 is 0. The van der Waals surface area contributed by atoms with Crippen molar-refractivity contribution in [2.45, 2.75) is 0 Å². The molecule has 2 nitrogen and oxygen atoms in total. The summed E-state index contributed by atoms with van der Waals surface area (Å²) in [4.78, 5) is 6.36. The predicted molar refractivity (Wildman–Crippen MR) is 54.1 cm³/mol. The first-order valence-corrected chi connectivity index (χ1v) is 4.05. The SMILES string of the molecule is [C-]#[N+][C]1[CH][CH][CH][CH]1.[C-]#[N+][C]1[CH][CH][CH][CH]1.[Fe+2]. The van der Waals surface area contributed by atoms with Crippen molar-refractivity contribution in [3.63, 3.8) is 0 Å². The molecule has 2 fully saturated rings. The van der Waals surface area contributed by atoms with Crippen molar-refractivity contribution in [1.82, 2.24) is 0 Å².